The number of nitrogens with zero attached hydrogens (tertiary/aromatic N) is 1. The SMILES string of the molecule is O=CC(CC1CCNC1=O)NC(=O)C1C2CCCC2CN1C(=O)c1cc2ccccc2[nH]1.[HH].[HH].[HH]. The van der Waals surface area contributed by atoms with Crippen LogP contribution in [0.1, 0.15) is 46.9 Å². The van der Waals surface area contributed by atoms with Gasteiger partial charge in [0.05, 0.1) is 6.04 Å². The van der Waals surface area contributed by atoms with Crippen LogP contribution in [-0.2, 0) is 14.4 Å². The number of carbonyl (C=O) groups excluding carboxylic acids is 4. The van der Waals surface area contributed by atoms with E-state index in [1.807, 2.05) is 30.3 Å². The minimum atomic E-state index is -0.734. The van der Waals surface area contributed by atoms with Crippen molar-refractivity contribution in [3.8, 4) is 0 Å². The predicted molar refractivity (Wildman–Crippen MR) is 124 cm³/mol. The first-order valence-electron chi connectivity index (χ1n) is 11.5. The molecule has 0 spiro atoms. The van der Waals surface area contributed by atoms with E-state index in [1.165, 1.54) is 0 Å². The highest BCUT2D eigenvalue weighted by atomic mass is 16.2. The Balaban J connectivity index is 0.00000144. The Kier molecular flexibility index (Phi) is 5.45. The van der Waals surface area contributed by atoms with E-state index in [2.05, 4.69) is 15.6 Å². The molecule has 2 aromatic rings. The van der Waals surface area contributed by atoms with E-state index >= 15 is 0 Å². The third kappa shape index (κ3) is 3.67. The maximum absolute atomic E-state index is 13.4. The van der Waals surface area contributed by atoms with Crippen LogP contribution in [0.5, 0.6) is 0 Å². The van der Waals surface area contributed by atoms with Crippen LogP contribution >= 0.6 is 0 Å². The molecule has 5 atom stereocenters. The van der Waals surface area contributed by atoms with Crippen molar-refractivity contribution in [1.29, 1.82) is 0 Å². The molecule has 3 N–H and O–H groups in total. The van der Waals surface area contributed by atoms with Gasteiger partial charge in [0.1, 0.15) is 18.0 Å². The van der Waals surface area contributed by atoms with Crippen LogP contribution in [0.15, 0.2) is 30.3 Å². The standard InChI is InChI=1S/C24H28N4O4.3H2/c29-13-17(10-15-8-9-25-22(15)30)26-23(31)21-18-6-3-5-16(18)12-28(21)24(32)20-11-14-4-1-2-7-19(14)27-20;;;/h1-2,4,7,11,13,15-18,21,27H,3,5-6,8-10,12H2,(H,25,30)(H,26,31);3*1H. The summed E-state index contributed by atoms with van der Waals surface area (Å²) in [6.45, 7) is 1.15. The number of H-pyrrole nitrogens is 1. The Morgan fingerprint density at radius 3 is 2.84 bits per heavy atom. The lowest BCUT2D eigenvalue weighted by atomic mass is 9.92. The summed E-state index contributed by atoms with van der Waals surface area (Å²) in [5.74, 6) is -0.413. The molecule has 5 rings (SSSR count). The van der Waals surface area contributed by atoms with Gasteiger partial charge in [-0.05, 0) is 49.7 Å². The molecule has 3 fully saturated rings. The molecule has 2 aliphatic heterocycles. The molecule has 3 aliphatic rings. The average Bonchev–Trinajstić information content (AvgIpc) is 3.56. The van der Waals surface area contributed by atoms with E-state index in [-0.39, 0.29) is 40.3 Å². The maximum atomic E-state index is 13.4. The second-order valence-electron chi connectivity index (χ2n) is 9.29. The lowest BCUT2D eigenvalue weighted by Gasteiger charge is -2.28. The number of nitrogens with one attached hydrogen (secondary N) is 3. The van der Waals surface area contributed by atoms with Crippen LogP contribution in [0, 0.1) is 17.8 Å². The molecule has 174 valence electrons. The molecule has 8 nitrogen and oxygen atoms in total. The zero-order valence-corrected chi connectivity index (χ0v) is 17.9. The first-order valence-corrected chi connectivity index (χ1v) is 11.5. The van der Waals surface area contributed by atoms with Crippen LogP contribution < -0.4 is 10.6 Å². The first kappa shape index (κ1) is 20.7. The van der Waals surface area contributed by atoms with Gasteiger partial charge in [-0.25, -0.2) is 0 Å². The Bertz CT molecular complexity index is 1040. The van der Waals surface area contributed by atoms with Crippen molar-refractivity contribution in [3.05, 3.63) is 36.0 Å². The quantitative estimate of drug-likeness (QED) is 0.596. The summed E-state index contributed by atoms with van der Waals surface area (Å²) < 4.78 is 0. The molecule has 0 radical (unpaired) electrons. The summed E-state index contributed by atoms with van der Waals surface area (Å²) in [5.41, 5.74) is 1.35. The number of rotatable bonds is 6. The van der Waals surface area contributed by atoms with Gasteiger partial charge in [0.15, 0.2) is 0 Å². The molecule has 1 aliphatic carbocycles. The van der Waals surface area contributed by atoms with E-state index in [1.54, 1.807) is 4.90 Å². The minimum absolute atomic E-state index is 0. The lowest BCUT2D eigenvalue weighted by molar-refractivity contribution is -0.129. The number of carbonyl (C=O) groups is 4. The van der Waals surface area contributed by atoms with Crippen LogP contribution in [0.4, 0.5) is 0 Å². The van der Waals surface area contributed by atoms with Gasteiger partial charge in [-0.3, -0.25) is 14.4 Å². The lowest BCUT2D eigenvalue weighted by Crippen LogP contribution is -2.52. The zero-order valence-electron chi connectivity index (χ0n) is 17.9. The van der Waals surface area contributed by atoms with Gasteiger partial charge in [-0.15, -0.1) is 0 Å². The summed E-state index contributed by atoms with van der Waals surface area (Å²) in [6.07, 6.45) is 4.61. The Hall–Kier alpha value is -3.16. The van der Waals surface area contributed by atoms with Crippen molar-refractivity contribution in [3.63, 3.8) is 0 Å². The molecule has 3 heterocycles. The third-order valence-electron chi connectivity index (χ3n) is 7.37. The number of fused-ring (bicyclic) bond motifs is 2. The fourth-order valence-electron chi connectivity index (χ4n) is 5.79. The number of aromatic amines is 1. The highest BCUT2D eigenvalue weighted by Gasteiger charge is 2.50. The van der Waals surface area contributed by atoms with E-state index in [4.69, 9.17) is 0 Å². The number of amides is 3. The number of likely N-dealkylation sites (tertiary alicyclic amines) is 1. The van der Waals surface area contributed by atoms with Crippen molar-refractivity contribution in [2.45, 2.75) is 44.2 Å². The van der Waals surface area contributed by atoms with E-state index in [9.17, 15) is 19.2 Å². The van der Waals surface area contributed by atoms with Crippen LogP contribution in [0.25, 0.3) is 10.9 Å². The molecule has 1 saturated carbocycles. The largest absolute Gasteiger partial charge is 0.356 e. The van der Waals surface area contributed by atoms with Gasteiger partial charge in [0, 0.05) is 34.2 Å². The molecule has 5 unspecified atom stereocenters. The molecule has 3 amide bonds. The van der Waals surface area contributed by atoms with Crippen LogP contribution in [0.2, 0.25) is 0 Å². The Morgan fingerprint density at radius 1 is 1.25 bits per heavy atom. The van der Waals surface area contributed by atoms with Crippen molar-refractivity contribution < 1.29 is 23.5 Å². The van der Waals surface area contributed by atoms with Gasteiger partial charge in [0.25, 0.3) is 5.91 Å². The normalized spacial score (nSPS) is 27.9. The third-order valence-corrected chi connectivity index (χ3v) is 7.37. The molecule has 1 aromatic heterocycles. The molecule has 1 aromatic carbocycles. The van der Waals surface area contributed by atoms with Gasteiger partial charge < -0.3 is 25.3 Å². The maximum Gasteiger partial charge on any atom is 0.271 e. The fraction of sp³-hybridized carbons (Fsp3) is 0.500. The molecule has 8 heteroatoms. The van der Waals surface area contributed by atoms with Gasteiger partial charge in [-0.2, -0.15) is 0 Å². The van der Waals surface area contributed by atoms with Crippen molar-refractivity contribution >= 4 is 34.9 Å². The second-order valence-corrected chi connectivity index (χ2v) is 9.29. The minimum Gasteiger partial charge on any atom is -0.356 e. The Morgan fingerprint density at radius 2 is 2.09 bits per heavy atom. The van der Waals surface area contributed by atoms with Crippen molar-refractivity contribution in [2.24, 2.45) is 17.8 Å². The van der Waals surface area contributed by atoms with Crippen molar-refractivity contribution in [1.82, 2.24) is 20.5 Å². The number of hydrogen-bond donors (Lipinski definition) is 3. The highest BCUT2D eigenvalue weighted by Crippen LogP contribution is 2.43. The summed E-state index contributed by atoms with van der Waals surface area (Å²) in [6, 6.07) is 8.19. The first-order chi connectivity index (χ1) is 15.5. The average molecular weight is 443 g/mol. The Labute approximate surface area is 190 Å². The molecular weight excluding hydrogens is 408 g/mol. The summed E-state index contributed by atoms with van der Waals surface area (Å²) in [4.78, 5) is 55.2. The zero-order chi connectivity index (χ0) is 22.2. The van der Waals surface area contributed by atoms with E-state index in [0.717, 1.165) is 30.2 Å². The van der Waals surface area contributed by atoms with Gasteiger partial charge in [-0.1, -0.05) is 24.6 Å². The smallest absolute Gasteiger partial charge is 0.271 e. The van der Waals surface area contributed by atoms with E-state index in [0.29, 0.717) is 37.4 Å². The number of benzene rings is 1. The summed E-state index contributed by atoms with van der Waals surface area (Å²) in [7, 11) is 0. The van der Waals surface area contributed by atoms with Crippen LogP contribution in [0.3, 0.4) is 0 Å². The van der Waals surface area contributed by atoms with Gasteiger partial charge >= 0.3 is 0 Å². The summed E-state index contributed by atoms with van der Waals surface area (Å²) >= 11 is 0. The monoisotopic (exact) mass is 442 g/mol. The summed E-state index contributed by atoms with van der Waals surface area (Å²) in [5, 5.41) is 6.56. The van der Waals surface area contributed by atoms with Gasteiger partial charge in [0.2, 0.25) is 11.8 Å². The van der Waals surface area contributed by atoms with Crippen molar-refractivity contribution in [2.75, 3.05) is 13.1 Å². The number of para-hydroxylation sites is 1. The highest BCUT2D eigenvalue weighted by molar-refractivity contribution is 6.01. The number of aromatic nitrogens is 1. The molecule has 32 heavy (non-hydrogen) atoms. The second kappa shape index (κ2) is 8.41. The fourth-order valence-corrected chi connectivity index (χ4v) is 5.79. The number of hydrogen-bond acceptors (Lipinski definition) is 4. The number of aldehydes is 1. The molecule has 2 saturated heterocycles. The van der Waals surface area contributed by atoms with Crippen LogP contribution in [-0.4, -0.2) is 59.1 Å². The molecule has 0 bridgehead atoms. The topological polar surface area (TPSA) is 111 Å². The predicted octanol–water partition coefficient (Wildman–Crippen LogP) is 2.36. The molecular formula is C24H34N4O4. The van der Waals surface area contributed by atoms with E-state index < -0.39 is 12.1 Å².